The highest BCUT2D eigenvalue weighted by Gasteiger charge is 2.30. The molecule has 1 N–H and O–H groups in total. The Labute approximate surface area is 82.8 Å². The number of likely N-dealkylation sites (tertiary alicyclic amines) is 1. The minimum Gasteiger partial charge on any atom is -0.396 e. The Morgan fingerprint density at radius 3 is 3.08 bits per heavy atom. The lowest BCUT2D eigenvalue weighted by atomic mass is 10.1. The molecule has 2 atom stereocenters. The van der Waals surface area contributed by atoms with Crippen molar-refractivity contribution in [2.24, 2.45) is 5.92 Å². The number of nitrogens with zero attached hydrogens (tertiary/aromatic N) is 1. The summed E-state index contributed by atoms with van der Waals surface area (Å²) in [5.41, 5.74) is 0. The fraction of sp³-hybridized carbons (Fsp3) is 0.600. The van der Waals surface area contributed by atoms with E-state index in [1.54, 1.807) is 0 Å². The Bertz CT molecular complexity index is 260. The third-order valence-corrected chi connectivity index (χ3v) is 3.74. The van der Waals surface area contributed by atoms with Crippen LogP contribution >= 0.6 is 11.3 Å². The normalized spacial score (nSPS) is 29.7. The highest BCUT2D eigenvalue weighted by Crippen LogP contribution is 2.35. The second kappa shape index (κ2) is 3.78. The maximum atomic E-state index is 9.08. The van der Waals surface area contributed by atoms with Crippen molar-refractivity contribution < 1.29 is 5.11 Å². The molecule has 1 aromatic heterocycles. The molecule has 13 heavy (non-hydrogen) atoms. The Kier molecular flexibility index (Phi) is 2.67. The molecule has 1 aliphatic rings. The molecule has 1 fully saturated rings. The van der Waals surface area contributed by atoms with Gasteiger partial charge in [0, 0.05) is 24.1 Å². The predicted molar refractivity (Wildman–Crippen MR) is 54.9 cm³/mol. The molecule has 0 saturated carbocycles. The van der Waals surface area contributed by atoms with Gasteiger partial charge >= 0.3 is 0 Å². The van der Waals surface area contributed by atoms with Crippen LogP contribution < -0.4 is 0 Å². The van der Waals surface area contributed by atoms with Gasteiger partial charge in [-0.3, -0.25) is 4.90 Å². The summed E-state index contributed by atoms with van der Waals surface area (Å²) in [6.45, 7) is 1.35. The van der Waals surface area contributed by atoms with Gasteiger partial charge in [-0.05, 0) is 30.8 Å². The van der Waals surface area contributed by atoms with Crippen LogP contribution in [0.25, 0.3) is 0 Å². The van der Waals surface area contributed by atoms with E-state index in [0.29, 0.717) is 18.6 Å². The van der Waals surface area contributed by atoms with Gasteiger partial charge < -0.3 is 5.11 Å². The smallest absolute Gasteiger partial charge is 0.0472 e. The van der Waals surface area contributed by atoms with Crippen LogP contribution in [0.15, 0.2) is 17.5 Å². The average molecular weight is 197 g/mol. The van der Waals surface area contributed by atoms with Crippen molar-refractivity contribution in [3.05, 3.63) is 22.4 Å². The number of aliphatic hydroxyl groups is 1. The van der Waals surface area contributed by atoms with E-state index in [-0.39, 0.29) is 0 Å². The van der Waals surface area contributed by atoms with E-state index in [9.17, 15) is 0 Å². The van der Waals surface area contributed by atoms with Crippen molar-refractivity contribution in [2.45, 2.75) is 12.5 Å². The highest BCUT2D eigenvalue weighted by molar-refractivity contribution is 7.10. The summed E-state index contributed by atoms with van der Waals surface area (Å²) in [4.78, 5) is 3.77. The number of hydrogen-bond acceptors (Lipinski definition) is 3. The van der Waals surface area contributed by atoms with Crippen LogP contribution in [0.2, 0.25) is 0 Å². The highest BCUT2D eigenvalue weighted by atomic mass is 32.1. The lowest BCUT2D eigenvalue weighted by Gasteiger charge is -2.17. The van der Waals surface area contributed by atoms with Gasteiger partial charge in [-0.1, -0.05) is 6.07 Å². The van der Waals surface area contributed by atoms with Crippen molar-refractivity contribution in [3.63, 3.8) is 0 Å². The molecule has 3 heteroatoms. The van der Waals surface area contributed by atoms with Crippen molar-refractivity contribution in [2.75, 3.05) is 20.2 Å². The molecule has 0 aliphatic carbocycles. The summed E-state index contributed by atoms with van der Waals surface area (Å²) in [7, 11) is 2.14. The Balaban J connectivity index is 2.09. The first-order valence-electron chi connectivity index (χ1n) is 4.65. The summed E-state index contributed by atoms with van der Waals surface area (Å²) in [5, 5.41) is 11.2. The zero-order valence-corrected chi connectivity index (χ0v) is 8.63. The zero-order valence-electron chi connectivity index (χ0n) is 7.81. The van der Waals surface area contributed by atoms with E-state index in [4.69, 9.17) is 5.11 Å². The van der Waals surface area contributed by atoms with Gasteiger partial charge in [0.15, 0.2) is 0 Å². The SMILES string of the molecule is CN1C[C@H](CO)C[C@@H]1c1cccs1. The molecule has 0 amide bonds. The molecule has 0 radical (unpaired) electrons. The largest absolute Gasteiger partial charge is 0.396 e. The molecule has 1 saturated heterocycles. The van der Waals surface area contributed by atoms with Crippen molar-refractivity contribution in [3.8, 4) is 0 Å². The van der Waals surface area contributed by atoms with Crippen LogP contribution in [0.5, 0.6) is 0 Å². The van der Waals surface area contributed by atoms with Gasteiger partial charge in [0.1, 0.15) is 0 Å². The van der Waals surface area contributed by atoms with Gasteiger partial charge in [-0.2, -0.15) is 0 Å². The average Bonchev–Trinajstić information content (AvgIpc) is 2.72. The molecule has 0 bridgehead atoms. The fourth-order valence-corrected chi connectivity index (χ4v) is 2.96. The van der Waals surface area contributed by atoms with Gasteiger partial charge in [0.05, 0.1) is 0 Å². The van der Waals surface area contributed by atoms with Crippen LogP contribution in [0.4, 0.5) is 0 Å². The zero-order chi connectivity index (χ0) is 9.26. The molecule has 0 spiro atoms. The van der Waals surface area contributed by atoms with Gasteiger partial charge in [-0.15, -0.1) is 11.3 Å². The van der Waals surface area contributed by atoms with Crippen molar-refractivity contribution in [1.82, 2.24) is 4.90 Å². The quantitative estimate of drug-likeness (QED) is 0.780. The molecular formula is C10H15NOS. The molecule has 2 heterocycles. The first kappa shape index (κ1) is 9.19. The Morgan fingerprint density at radius 1 is 1.69 bits per heavy atom. The van der Waals surface area contributed by atoms with E-state index >= 15 is 0 Å². The summed E-state index contributed by atoms with van der Waals surface area (Å²) in [6, 6.07) is 4.82. The minimum atomic E-state index is 0.326. The van der Waals surface area contributed by atoms with E-state index < -0.39 is 0 Å². The molecule has 72 valence electrons. The number of thiophene rings is 1. The van der Waals surface area contributed by atoms with Crippen LogP contribution in [-0.4, -0.2) is 30.2 Å². The van der Waals surface area contributed by atoms with Gasteiger partial charge in [0.2, 0.25) is 0 Å². The van der Waals surface area contributed by atoms with Crippen molar-refractivity contribution >= 4 is 11.3 Å². The first-order valence-corrected chi connectivity index (χ1v) is 5.53. The van der Waals surface area contributed by atoms with Crippen LogP contribution in [0.3, 0.4) is 0 Å². The van der Waals surface area contributed by atoms with E-state index in [0.717, 1.165) is 13.0 Å². The third-order valence-electron chi connectivity index (χ3n) is 2.76. The molecule has 0 aromatic carbocycles. The first-order chi connectivity index (χ1) is 6.31. The van der Waals surface area contributed by atoms with Crippen LogP contribution in [-0.2, 0) is 0 Å². The third kappa shape index (κ3) is 1.77. The second-order valence-corrected chi connectivity index (χ2v) is 4.73. The number of hydrogen-bond donors (Lipinski definition) is 1. The molecule has 1 aromatic rings. The Morgan fingerprint density at radius 2 is 2.54 bits per heavy atom. The standard InChI is InChI=1S/C10H15NOS/c1-11-6-8(7-12)5-9(11)10-3-2-4-13-10/h2-4,8-9,12H,5-7H2,1H3/t8-,9-/m1/s1. The summed E-state index contributed by atoms with van der Waals surface area (Å²) >= 11 is 1.81. The Hall–Kier alpha value is -0.380. The topological polar surface area (TPSA) is 23.5 Å². The number of rotatable bonds is 2. The van der Waals surface area contributed by atoms with Crippen LogP contribution in [0, 0.1) is 5.92 Å². The van der Waals surface area contributed by atoms with Gasteiger partial charge in [0.25, 0.3) is 0 Å². The van der Waals surface area contributed by atoms with Crippen molar-refractivity contribution in [1.29, 1.82) is 0 Å². The molecule has 0 unspecified atom stereocenters. The maximum Gasteiger partial charge on any atom is 0.0472 e. The van der Waals surface area contributed by atoms with E-state index in [1.165, 1.54) is 4.88 Å². The van der Waals surface area contributed by atoms with Crippen LogP contribution in [0.1, 0.15) is 17.3 Å². The van der Waals surface area contributed by atoms with E-state index in [2.05, 4.69) is 29.5 Å². The second-order valence-electron chi connectivity index (χ2n) is 3.76. The van der Waals surface area contributed by atoms with Gasteiger partial charge in [-0.25, -0.2) is 0 Å². The fourth-order valence-electron chi connectivity index (χ4n) is 2.05. The summed E-state index contributed by atoms with van der Waals surface area (Å²) < 4.78 is 0. The molecule has 2 rings (SSSR count). The van der Waals surface area contributed by atoms with E-state index in [1.807, 2.05) is 11.3 Å². The lowest BCUT2D eigenvalue weighted by molar-refractivity contribution is 0.227. The molecule has 1 aliphatic heterocycles. The molecular weight excluding hydrogens is 182 g/mol. The minimum absolute atomic E-state index is 0.326. The lowest BCUT2D eigenvalue weighted by Crippen LogP contribution is -2.18. The number of aliphatic hydroxyl groups excluding tert-OH is 1. The monoisotopic (exact) mass is 197 g/mol. The summed E-state index contributed by atoms with van der Waals surface area (Å²) in [6.07, 6.45) is 1.10. The maximum absolute atomic E-state index is 9.08. The molecule has 2 nitrogen and oxygen atoms in total. The predicted octanol–water partition coefficient (Wildman–Crippen LogP) is 1.73. The summed E-state index contributed by atoms with van der Waals surface area (Å²) in [5.74, 6) is 0.470.